The molecule has 1 aliphatic carbocycles. The molecule has 1 aromatic rings. The summed E-state index contributed by atoms with van der Waals surface area (Å²) in [5.74, 6) is -0.988. The number of methoxy groups -OCH3 is 2. The van der Waals surface area contributed by atoms with Gasteiger partial charge in [0, 0.05) is 5.56 Å². The van der Waals surface area contributed by atoms with Crippen molar-refractivity contribution in [2.24, 2.45) is 5.92 Å². The SMILES string of the molecule is CCOC(=O)C1Cc2c(ccc(OC)c2OC)C1C(=O)OCC. The lowest BCUT2D eigenvalue weighted by molar-refractivity contribution is -0.156. The summed E-state index contributed by atoms with van der Waals surface area (Å²) in [6.45, 7) is 4.00. The first kappa shape index (κ1) is 17.1. The van der Waals surface area contributed by atoms with E-state index in [1.807, 2.05) is 0 Å². The van der Waals surface area contributed by atoms with Crippen LogP contribution in [0.5, 0.6) is 11.5 Å². The molecule has 0 aromatic heterocycles. The van der Waals surface area contributed by atoms with Crippen molar-refractivity contribution in [3.05, 3.63) is 23.3 Å². The van der Waals surface area contributed by atoms with Crippen LogP contribution in [0.4, 0.5) is 0 Å². The van der Waals surface area contributed by atoms with Crippen molar-refractivity contribution in [3.63, 3.8) is 0 Å². The Balaban J connectivity index is 2.48. The number of benzene rings is 1. The van der Waals surface area contributed by atoms with E-state index in [1.165, 1.54) is 7.11 Å². The van der Waals surface area contributed by atoms with Crippen LogP contribution in [0.15, 0.2) is 12.1 Å². The standard InChI is InChI=1S/C17H22O6/c1-5-22-16(18)12-9-11-10(14(12)17(19)23-6-2)7-8-13(20-3)15(11)21-4/h7-8,12,14H,5-6,9H2,1-4H3. The third kappa shape index (κ3) is 3.11. The molecule has 1 aromatic carbocycles. The first-order chi connectivity index (χ1) is 11.1. The Morgan fingerprint density at radius 2 is 1.70 bits per heavy atom. The van der Waals surface area contributed by atoms with Gasteiger partial charge in [-0.25, -0.2) is 0 Å². The second-order valence-corrected chi connectivity index (χ2v) is 5.16. The molecule has 0 N–H and O–H groups in total. The Morgan fingerprint density at radius 3 is 2.26 bits per heavy atom. The van der Waals surface area contributed by atoms with Crippen LogP contribution in [-0.2, 0) is 25.5 Å². The Bertz CT molecular complexity index is 595. The van der Waals surface area contributed by atoms with Crippen LogP contribution >= 0.6 is 0 Å². The summed E-state index contributed by atoms with van der Waals surface area (Å²) in [4.78, 5) is 24.7. The maximum absolute atomic E-state index is 12.4. The van der Waals surface area contributed by atoms with Gasteiger partial charge in [-0.3, -0.25) is 9.59 Å². The molecule has 126 valence electrons. The van der Waals surface area contributed by atoms with E-state index in [2.05, 4.69) is 0 Å². The highest BCUT2D eigenvalue weighted by molar-refractivity contribution is 5.89. The molecule has 0 amide bonds. The first-order valence-electron chi connectivity index (χ1n) is 7.65. The van der Waals surface area contributed by atoms with E-state index < -0.39 is 23.8 Å². The summed E-state index contributed by atoms with van der Waals surface area (Å²) in [7, 11) is 3.08. The van der Waals surface area contributed by atoms with E-state index in [0.717, 1.165) is 11.1 Å². The molecule has 0 spiro atoms. The minimum atomic E-state index is -0.677. The largest absolute Gasteiger partial charge is 0.493 e. The van der Waals surface area contributed by atoms with Crippen LogP contribution in [0.1, 0.15) is 30.9 Å². The van der Waals surface area contributed by atoms with E-state index >= 15 is 0 Å². The van der Waals surface area contributed by atoms with Crippen molar-refractivity contribution in [1.82, 2.24) is 0 Å². The maximum Gasteiger partial charge on any atom is 0.314 e. The Labute approximate surface area is 135 Å². The van der Waals surface area contributed by atoms with Crippen LogP contribution in [-0.4, -0.2) is 39.4 Å². The molecule has 2 atom stereocenters. The van der Waals surface area contributed by atoms with Crippen LogP contribution < -0.4 is 9.47 Å². The molecule has 0 fully saturated rings. The predicted octanol–water partition coefficient (Wildman–Crippen LogP) is 2.09. The fourth-order valence-corrected chi connectivity index (χ4v) is 3.05. The molecule has 0 saturated carbocycles. The lowest BCUT2D eigenvalue weighted by Crippen LogP contribution is -2.28. The van der Waals surface area contributed by atoms with Crippen molar-refractivity contribution in [2.75, 3.05) is 27.4 Å². The van der Waals surface area contributed by atoms with E-state index in [0.29, 0.717) is 17.9 Å². The van der Waals surface area contributed by atoms with E-state index in [4.69, 9.17) is 18.9 Å². The molecule has 0 aliphatic heterocycles. The Morgan fingerprint density at radius 1 is 1.04 bits per heavy atom. The number of carbonyl (C=O) groups is 2. The number of hydrogen-bond donors (Lipinski definition) is 0. The summed E-state index contributed by atoms with van der Waals surface area (Å²) in [6, 6.07) is 3.52. The highest BCUT2D eigenvalue weighted by atomic mass is 16.5. The normalized spacial score (nSPS) is 19.0. The molecule has 0 radical (unpaired) electrons. The number of rotatable bonds is 6. The van der Waals surface area contributed by atoms with Crippen molar-refractivity contribution >= 4 is 11.9 Å². The summed E-state index contributed by atoms with van der Waals surface area (Å²) in [5.41, 5.74) is 1.53. The lowest BCUT2D eigenvalue weighted by atomic mass is 9.92. The van der Waals surface area contributed by atoms with Crippen LogP contribution in [0, 0.1) is 5.92 Å². The second-order valence-electron chi connectivity index (χ2n) is 5.16. The topological polar surface area (TPSA) is 71.1 Å². The van der Waals surface area contributed by atoms with Crippen LogP contribution in [0.2, 0.25) is 0 Å². The third-order valence-corrected chi connectivity index (χ3v) is 3.98. The molecule has 23 heavy (non-hydrogen) atoms. The monoisotopic (exact) mass is 322 g/mol. The van der Waals surface area contributed by atoms with Gasteiger partial charge in [0.1, 0.15) is 0 Å². The first-order valence-corrected chi connectivity index (χ1v) is 7.65. The Kier molecular flexibility index (Phi) is 5.47. The van der Waals surface area contributed by atoms with Gasteiger partial charge >= 0.3 is 11.9 Å². The van der Waals surface area contributed by atoms with Gasteiger partial charge in [-0.2, -0.15) is 0 Å². The van der Waals surface area contributed by atoms with Crippen LogP contribution in [0.3, 0.4) is 0 Å². The minimum absolute atomic E-state index is 0.257. The zero-order valence-electron chi connectivity index (χ0n) is 13.9. The average Bonchev–Trinajstić information content (AvgIpc) is 2.93. The summed E-state index contributed by atoms with van der Waals surface area (Å²) >= 11 is 0. The number of ether oxygens (including phenoxy) is 4. The van der Waals surface area contributed by atoms with Gasteiger partial charge in [-0.1, -0.05) is 6.07 Å². The van der Waals surface area contributed by atoms with Gasteiger partial charge in [0.15, 0.2) is 11.5 Å². The highest BCUT2D eigenvalue weighted by Crippen LogP contribution is 2.46. The van der Waals surface area contributed by atoms with Gasteiger partial charge in [0.25, 0.3) is 0 Å². The van der Waals surface area contributed by atoms with Crippen molar-refractivity contribution in [1.29, 1.82) is 0 Å². The van der Waals surface area contributed by atoms with Crippen molar-refractivity contribution in [2.45, 2.75) is 26.2 Å². The van der Waals surface area contributed by atoms with E-state index in [-0.39, 0.29) is 13.2 Å². The molecule has 0 heterocycles. The number of fused-ring (bicyclic) bond motifs is 1. The zero-order valence-corrected chi connectivity index (χ0v) is 13.9. The third-order valence-electron chi connectivity index (χ3n) is 3.98. The molecule has 2 unspecified atom stereocenters. The van der Waals surface area contributed by atoms with E-state index in [9.17, 15) is 9.59 Å². The molecular formula is C17H22O6. The van der Waals surface area contributed by atoms with Gasteiger partial charge in [0.2, 0.25) is 0 Å². The van der Waals surface area contributed by atoms with Crippen LogP contribution in [0.25, 0.3) is 0 Å². The van der Waals surface area contributed by atoms with Crippen molar-refractivity contribution < 1.29 is 28.5 Å². The predicted molar refractivity (Wildman–Crippen MR) is 82.7 cm³/mol. The molecule has 0 bridgehead atoms. The maximum atomic E-state index is 12.4. The molecule has 0 saturated heterocycles. The number of hydrogen-bond acceptors (Lipinski definition) is 6. The molecule has 1 aliphatic rings. The fraction of sp³-hybridized carbons (Fsp3) is 0.529. The number of carbonyl (C=O) groups excluding carboxylic acids is 2. The summed E-state index contributed by atoms with van der Waals surface area (Å²) in [5, 5.41) is 0. The van der Waals surface area contributed by atoms with Gasteiger partial charge < -0.3 is 18.9 Å². The minimum Gasteiger partial charge on any atom is -0.493 e. The van der Waals surface area contributed by atoms with Crippen molar-refractivity contribution in [3.8, 4) is 11.5 Å². The molecule has 6 nitrogen and oxygen atoms in total. The molecule has 2 rings (SSSR count). The smallest absolute Gasteiger partial charge is 0.314 e. The zero-order chi connectivity index (χ0) is 17.0. The van der Waals surface area contributed by atoms with E-state index in [1.54, 1.807) is 33.1 Å². The fourth-order valence-electron chi connectivity index (χ4n) is 3.05. The van der Waals surface area contributed by atoms with Gasteiger partial charge in [-0.05, 0) is 31.9 Å². The average molecular weight is 322 g/mol. The van der Waals surface area contributed by atoms with Gasteiger partial charge in [0.05, 0.1) is 39.3 Å². The summed E-state index contributed by atoms with van der Waals surface area (Å²) < 4.78 is 21.0. The summed E-state index contributed by atoms with van der Waals surface area (Å²) in [6.07, 6.45) is 0.359. The molecular weight excluding hydrogens is 300 g/mol. The second kappa shape index (κ2) is 7.35. The highest BCUT2D eigenvalue weighted by Gasteiger charge is 2.45. The number of esters is 2. The quantitative estimate of drug-likeness (QED) is 0.747. The lowest BCUT2D eigenvalue weighted by Gasteiger charge is -2.17. The Hall–Kier alpha value is -2.24. The molecule has 6 heteroatoms. The van der Waals surface area contributed by atoms with Gasteiger partial charge in [-0.15, -0.1) is 0 Å².